The van der Waals surface area contributed by atoms with E-state index >= 15 is 0 Å². The molecule has 0 aliphatic heterocycles. The van der Waals surface area contributed by atoms with Gasteiger partial charge < -0.3 is 16.2 Å². The highest BCUT2D eigenvalue weighted by molar-refractivity contribution is 6.31. The van der Waals surface area contributed by atoms with E-state index < -0.39 is 11.7 Å². The van der Waals surface area contributed by atoms with Crippen LogP contribution < -0.4 is 16.2 Å². The van der Waals surface area contributed by atoms with E-state index in [0.29, 0.717) is 5.69 Å². The number of rotatable bonds is 4. The van der Waals surface area contributed by atoms with E-state index in [9.17, 15) is 9.18 Å². The molecule has 0 aromatic heterocycles. The molecule has 104 valence electrons. The molecule has 0 atom stereocenters. The van der Waals surface area contributed by atoms with Gasteiger partial charge in [-0.05, 0) is 24.3 Å². The van der Waals surface area contributed by atoms with E-state index in [1.165, 1.54) is 30.3 Å². The average molecular weight is 295 g/mol. The Morgan fingerprint density at radius 3 is 2.70 bits per heavy atom. The van der Waals surface area contributed by atoms with Crippen molar-refractivity contribution in [3.63, 3.8) is 0 Å². The van der Waals surface area contributed by atoms with Gasteiger partial charge in [0.1, 0.15) is 18.2 Å². The minimum absolute atomic E-state index is 0.130. The topological polar surface area (TPSA) is 78.3 Å². The van der Waals surface area contributed by atoms with Gasteiger partial charge in [-0.25, -0.2) is 4.39 Å². The predicted molar refractivity (Wildman–Crippen MR) is 75.1 cm³/mol. The molecule has 0 fully saturated rings. The number of carbonyl (C=O) groups is 1. The van der Waals surface area contributed by atoms with Crippen LogP contribution in [0.2, 0.25) is 5.02 Å². The first kappa shape index (κ1) is 14.1. The lowest BCUT2D eigenvalue weighted by atomic mass is 10.1. The Bertz CT molecular complexity index is 641. The van der Waals surface area contributed by atoms with Crippen molar-refractivity contribution in [2.45, 2.75) is 6.61 Å². The predicted octanol–water partition coefficient (Wildman–Crippen LogP) is 2.74. The lowest BCUT2D eigenvalue weighted by Gasteiger charge is -2.12. The third-order valence-corrected chi connectivity index (χ3v) is 3.06. The molecule has 0 unspecified atom stereocenters. The standard InChI is InChI=1S/C14H12ClFN2O2/c15-11-2-1-3-12(16)10(11)7-20-13-6-8(17)4-5-9(13)14(18)19/h1-6H,7,17H2,(H2,18,19). The van der Waals surface area contributed by atoms with E-state index in [-0.39, 0.29) is 28.5 Å². The number of anilines is 1. The fourth-order valence-electron chi connectivity index (χ4n) is 1.68. The largest absolute Gasteiger partial charge is 0.488 e. The Labute approximate surface area is 120 Å². The highest BCUT2D eigenvalue weighted by Gasteiger charge is 2.12. The van der Waals surface area contributed by atoms with Crippen LogP contribution in [0.15, 0.2) is 36.4 Å². The zero-order valence-electron chi connectivity index (χ0n) is 10.4. The third kappa shape index (κ3) is 3.00. The molecule has 2 aromatic carbocycles. The van der Waals surface area contributed by atoms with Gasteiger partial charge in [-0.1, -0.05) is 17.7 Å². The highest BCUT2D eigenvalue weighted by Crippen LogP contribution is 2.25. The van der Waals surface area contributed by atoms with E-state index in [1.807, 2.05) is 0 Å². The quantitative estimate of drug-likeness (QED) is 0.851. The van der Waals surface area contributed by atoms with Gasteiger partial charge in [-0.15, -0.1) is 0 Å². The fourth-order valence-corrected chi connectivity index (χ4v) is 1.90. The number of nitrogen functional groups attached to an aromatic ring is 1. The second-order valence-corrected chi connectivity index (χ2v) is 4.52. The van der Waals surface area contributed by atoms with E-state index in [1.54, 1.807) is 6.07 Å². The lowest BCUT2D eigenvalue weighted by Crippen LogP contribution is -2.13. The summed E-state index contributed by atoms with van der Waals surface area (Å²) in [6.07, 6.45) is 0. The summed E-state index contributed by atoms with van der Waals surface area (Å²) in [5, 5.41) is 0.245. The van der Waals surface area contributed by atoms with Gasteiger partial charge in [-0.2, -0.15) is 0 Å². The monoisotopic (exact) mass is 294 g/mol. The summed E-state index contributed by atoms with van der Waals surface area (Å²) in [7, 11) is 0. The Hall–Kier alpha value is -2.27. The molecule has 0 saturated heterocycles. The molecule has 4 nitrogen and oxygen atoms in total. The van der Waals surface area contributed by atoms with Gasteiger partial charge in [0.25, 0.3) is 5.91 Å². The molecule has 0 saturated carbocycles. The highest BCUT2D eigenvalue weighted by atomic mass is 35.5. The maximum atomic E-state index is 13.6. The molecule has 0 bridgehead atoms. The molecule has 0 aliphatic carbocycles. The Kier molecular flexibility index (Phi) is 4.10. The maximum Gasteiger partial charge on any atom is 0.252 e. The number of nitrogens with two attached hydrogens (primary N) is 2. The van der Waals surface area contributed by atoms with Crippen LogP contribution >= 0.6 is 11.6 Å². The first-order valence-electron chi connectivity index (χ1n) is 5.74. The zero-order valence-corrected chi connectivity index (χ0v) is 11.2. The number of primary amides is 1. The lowest BCUT2D eigenvalue weighted by molar-refractivity contribution is 0.0996. The summed E-state index contributed by atoms with van der Waals surface area (Å²) in [6, 6.07) is 8.76. The Morgan fingerprint density at radius 1 is 1.30 bits per heavy atom. The molecule has 6 heteroatoms. The molecule has 2 rings (SSSR count). The van der Waals surface area contributed by atoms with Crippen molar-refractivity contribution in [2.75, 3.05) is 5.73 Å². The molecule has 1 amide bonds. The van der Waals surface area contributed by atoms with Crippen LogP contribution in [0.5, 0.6) is 5.75 Å². The summed E-state index contributed by atoms with van der Waals surface area (Å²) < 4.78 is 19.0. The van der Waals surface area contributed by atoms with Crippen LogP contribution in [0.4, 0.5) is 10.1 Å². The van der Waals surface area contributed by atoms with Crippen molar-refractivity contribution in [3.8, 4) is 5.75 Å². The number of carbonyl (C=O) groups excluding carboxylic acids is 1. The molecular formula is C14H12ClFN2O2. The van der Waals surface area contributed by atoms with Crippen molar-refractivity contribution >= 4 is 23.2 Å². The molecule has 0 aliphatic rings. The van der Waals surface area contributed by atoms with Crippen molar-refractivity contribution in [1.29, 1.82) is 0 Å². The van der Waals surface area contributed by atoms with Crippen LogP contribution in [0.25, 0.3) is 0 Å². The van der Waals surface area contributed by atoms with E-state index in [4.69, 9.17) is 27.8 Å². The summed E-state index contributed by atoms with van der Waals surface area (Å²) in [6.45, 7) is -0.130. The molecule has 0 radical (unpaired) electrons. The number of benzene rings is 2. The van der Waals surface area contributed by atoms with Gasteiger partial charge >= 0.3 is 0 Å². The number of hydrogen-bond donors (Lipinski definition) is 2. The number of ether oxygens (including phenoxy) is 1. The normalized spacial score (nSPS) is 10.3. The summed E-state index contributed by atoms with van der Waals surface area (Å²) in [4.78, 5) is 11.3. The van der Waals surface area contributed by atoms with Crippen molar-refractivity contribution in [3.05, 3.63) is 58.4 Å². The number of hydrogen-bond acceptors (Lipinski definition) is 3. The molecule has 4 N–H and O–H groups in total. The van der Waals surface area contributed by atoms with Crippen LogP contribution in [-0.2, 0) is 6.61 Å². The maximum absolute atomic E-state index is 13.6. The molecule has 2 aromatic rings. The summed E-state index contributed by atoms with van der Waals surface area (Å²) in [5.41, 5.74) is 11.6. The Morgan fingerprint density at radius 2 is 2.05 bits per heavy atom. The van der Waals surface area contributed by atoms with E-state index in [2.05, 4.69) is 0 Å². The van der Waals surface area contributed by atoms with Crippen LogP contribution in [-0.4, -0.2) is 5.91 Å². The van der Waals surface area contributed by atoms with Crippen LogP contribution in [0.1, 0.15) is 15.9 Å². The van der Waals surface area contributed by atoms with Gasteiger partial charge in [0.15, 0.2) is 0 Å². The van der Waals surface area contributed by atoms with Gasteiger partial charge in [0.2, 0.25) is 0 Å². The average Bonchev–Trinajstić information content (AvgIpc) is 2.37. The third-order valence-electron chi connectivity index (χ3n) is 2.70. The van der Waals surface area contributed by atoms with Crippen molar-refractivity contribution < 1.29 is 13.9 Å². The van der Waals surface area contributed by atoms with Crippen molar-refractivity contribution in [2.24, 2.45) is 5.73 Å². The van der Waals surface area contributed by atoms with Gasteiger partial charge in [-0.3, -0.25) is 4.79 Å². The SMILES string of the molecule is NC(=O)c1ccc(N)cc1OCc1c(F)cccc1Cl. The van der Waals surface area contributed by atoms with Gasteiger partial charge in [0.05, 0.1) is 10.6 Å². The fraction of sp³-hybridized carbons (Fsp3) is 0.0714. The minimum atomic E-state index is -0.653. The zero-order chi connectivity index (χ0) is 14.7. The Balaban J connectivity index is 2.27. The number of halogens is 2. The second-order valence-electron chi connectivity index (χ2n) is 4.11. The van der Waals surface area contributed by atoms with E-state index in [0.717, 1.165) is 0 Å². The van der Waals surface area contributed by atoms with Crippen LogP contribution in [0, 0.1) is 5.82 Å². The molecular weight excluding hydrogens is 283 g/mol. The van der Waals surface area contributed by atoms with Crippen molar-refractivity contribution in [1.82, 2.24) is 0 Å². The second kappa shape index (κ2) is 5.79. The molecule has 20 heavy (non-hydrogen) atoms. The smallest absolute Gasteiger partial charge is 0.252 e. The minimum Gasteiger partial charge on any atom is -0.488 e. The first-order valence-corrected chi connectivity index (χ1v) is 6.12. The summed E-state index contributed by atoms with van der Waals surface area (Å²) in [5.74, 6) is -0.946. The van der Waals surface area contributed by atoms with Gasteiger partial charge in [0, 0.05) is 17.3 Å². The molecule has 0 heterocycles. The molecule has 0 spiro atoms. The first-order chi connectivity index (χ1) is 9.49. The summed E-state index contributed by atoms with van der Waals surface area (Å²) >= 11 is 5.89. The number of amides is 1. The van der Waals surface area contributed by atoms with Crippen LogP contribution in [0.3, 0.4) is 0 Å².